The Morgan fingerprint density at radius 2 is 1.67 bits per heavy atom. The lowest BCUT2D eigenvalue weighted by atomic mass is 10.0. The lowest BCUT2D eigenvalue weighted by molar-refractivity contribution is -0.140. The van der Waals surface area contributed by atoms with Gasteiger partial charge in [0.1, 0.15) is 17.4 Å². The van der Waals surface area contributed by atoms with Gasteiger partial charge in [-0.25, -0.2) is 4.79 Å². The predicted molar refractivity (Wildman–Crippen MR) is 115 cm³/mol. The van der Waals surface area contributed by atoms with E-state index in [1.54, 1.807) is 12.0 Å². The summed E-state index contributed by atoms with van der Waals surface area (Å²) < 4.78 is 10.8. The fraction of sp³-hybridized carbons (Fsp3) is 0.652. The van der Waals surface area contributed by atoms with E-state index in [9.17, 15) is 9.59 Å². The van der Waals surface area contributed by atoms with Crippen molar-refractivity contribution in [2.75, 3.05) is 39.8 Å². The van der Waals surface area contributed by atoms with Crippen LogP contribution in [0.5, 0.6) is 5.75 Å². The Balaban J connectivity index is 1.54. The van der Waals surface area contributed by atoms with Crippen molar-refractivity contribution < 1.29 is 19.1 Å². The maximum atomic E-state index is 13.2. The van der Waals surface area contributed by atoms with Crippen molar-refractivity contribution in [1.82, 2.24) is 14.7 Å². The first kappa shape index (κ1) is 22.4. The Kier molecular flexibility index (Phi) is 7.23. The van der Waals surface area contributed by atoms with Crippen LogP contribution >= 0.6 is 0 Å². The summed E-state index contributed by atoms with van der Waals surface area (Å²) in [4.78, 5) is 31.8. The van der Waals surface area contributed by atoms with Crippen molar-refractivity contribution in [2.45, 2.75) is 58.2 Å². The Morgan fingerprint density at radius 3 is 2.27 bits per heavy atom. The van der Waals surface area contributed by atoms with Gasteiger partial charge in [0.05, 0.1) is 7.11 Å². The fourth-order valence-corrected chi connectivity index (χ4v) is 4.05. The highest BCUT2D eigenvalue weighted by atomic mass is 16.6. The number of ether oxygens (including phenoxy) is 2. The number of likely N-dealkylation sites (tertiary alicyclic amines) is 1. The summed E-state index contributed by atoms with van der Waals surface area (Å²) in [5, 5.41) is 0. The first-order valence-corrected chi connectivity index (χ1v) is 10.9. The monoisotopic (exact) mass is 417 g/mol. The second-order valence-corrected chi connectivity index (χ2v) is 9.13. The lowest BCUT2D eigenvalue weighted by Gasteiger charge is -2.41. The van der Waals surface area contributed by atoms with Crippen molar-refractivity contribution in [3.05, 3.63) is 29.8 Å². The van der Waals surface area contributed by atoms with E-state index in [4.69, 9.17) is 9.47 Å². The molecule has 2 aliphatic heterocycles. The molecule has 0 radical (unpaired) electrons. The van der Waals surface area contributed by atoms with E-state index in [-0.39, 0.29) is 12.0 Å². The van der Waals surface area contributed by atoms with Crippen molar-refractivity contribution >= 4 is 12.0 Å². The van der Waals surface area contributed by atoms with Gasteiger partial charge in [-0.1, -0.05) is 12.1 Å². The van der Waals surface area contributed by atoms with Crippen molar-refractivity contribution in [3.8, 4) is 5.75 Å². The van der Waals surface area contributed by atoms with Gasteiger partial charge in [0.2, 0.25) is 5.91 Å². The van der Waals surface area contributed by atoms with Crippen LogP contribution in [0.3, 0.4) is 0 Å². The lowest BCUT2D eigenvalue weighted by Crippen LogP contribution is -2.57. The first-order valence-electron chi connectivity index (χ1n) is 10.9. The van der Waals surface area contributed by atoms with E-state index in [1.807, 2.05) is 37.8 Å². The minimum Gasteiger partial charge on any atom is -0.497 e. The number of piperidine rings is 1. The SMILES string of the molecule is COc1ccc(CN2CCN(C(=O)C3CCCCN3C(=O)OC(C)(C)C)CC2)cc1. The topological polar surface area (TPSA) is 62.3 Å². The summed E-state index contributed by atoms with van der Waals surface area (Å²) in [6, 6.07) is 7.71. The quantitative estimate of drug-likeness (QED) is 0.753. The van der Waals surface area contributed by atoms with Crippen LogP contribution in [0.2, 0.25) is 0 Å². The molecule has 2 fully saturated rings. The number of hydrogen-bond acceptors (Lipinski definition) is 5. The number of methoxy groups -OCH3 is 1. The maximum absolute atomic E-state index is 13.2. The molecule has 2 amide bonds. The summed E-state index contributed by atoms with van der Waals surface area (Å²) >= 11 is 0. The normalized spacial score (nSPS) is 20.7. The first-order chi connectivity index (χ1) is 14.3. The van der Waals surface area contributed by atoms with Crippen LogP contribution in [0, 0.1) is 0 Å². The molecule has 7 nitrogen and oxygen atoms in total. The number of hydrogen-bond donors (Lipinski definition) is 0. The summed E-state index contributed by atoms with van der Waals surface area (Å²) in [6.45, 7) is 10.0. The van der Waals surface area contributed by atoms with Gasteiger partial charge in [-0.3, -0.25) is 14.6 Å². The number of piperazine rings is 1. The van der Waals surface area contributed by atoms with Crippen LogP contribution in [0.15, 0.2) is 24.3 Å². The predicted octanol–water partition coefficient (Wildman–Crippen LogP) is 3.13. The summed E-state index contributed by atoms with van der Waals surface area (Å²) in [5.41, 5.74) is 0.675. The molecule has 0 aliphatic carbocycles. The second kappa shape index (κ2) is 9.69. The van der Waals surface area contributed by atoms with E-state index in [0.717, 1.165) is 38.2 Å². The van der Waals surface area contributed by atoms with Crippen LogP contribution in [-0.2, 0) is 16.1 Å². The molecule has 0 bridgehead atoms. The van der Waals surface area contributed by atoms with E-state index in [2.05, 4.69) is 17.0 Å². The van der Waals surface area contributed by atoms with Gasteiger partial charge in [0.15, 0.2) is 0 Å². The van der Waals surface area contributed by atoms with Gasteiger partial charge in [-0.2, -0.15) is 0 Å². The van der Waals surface area contributed by atoms with Gasteiger partial charge >= 0.3 is 6.09 Å². The molecule has 166 valence electrons. The molecule has 1 aromatic carbocycles. The van der Waals surface area contributed by atoms with Crippen LogP contribution < -0.4 is 4.74 Å². The molecule has 3 rings (SSSR count). The average molecular weight is 418 g/mol. The van der Waals surface area contributed by atoms with Crippen LogP contribution in [0.1, 0.15) is 45.6 Å². The van der Waals surface area contributed by atoms with Crippen molar-refractivity contribution in [2.24, 2.45) is 0 Å². The Bertz CT molecular complexity index is 721. The number of nitrogens with zero attached hydrogens (tertiary/aromatic N) is 3. The third-order valence-electron chi connectivity index (χ3n) is 5.67. The Morgan fingerprint density at radius 1 is 1.00 bits per heavy atom. The van der Waals surface area contributed by atoms with Crippen molar-refractivity contribution in [3.63, 3.8) is 0 Å². The van der Waals surface area contributed by atoms with E-state index < -0.39 is 11.6 Å². The zero-order valence-electron chi connectivity index (χ0n) is 18.7. The van der Waals surface area contributed by atoms with Crippen molar-refractivity contribution in [1.29, 1.82) is 0 Å². The minimum absolute atomic E-state index is 0.0599. The number of amides is 2. The highest BCUT2D eigenvalue weighted by Gasteiger charge is 2.37. The third kappa shape index (κ3) is 5.88. The molecule has 2 saturated heterocycles. The maximum Gasteiger partial charge on any atom is 0.410 e. The van der Waals surface area contributed by atoms with Crippen LogP contribution in [0.25, 0.3) is 0 Å². The van der Waals surface area contributed by atoms with E-state index in [1.165, 1.54) is 5.56 Å². The van der Waals surface area contributed by atoms with Crippen LogP contribution in [-0.4, -0.2) is 78.2 Å². The number of rotatable bonds is 4. The number of carbonyl (C=O) groups excluding carboxylic acids is 2. The summed E-state index contributed by atoms with van der Waals surface area (Å²) in [6.07, 6.45) is 2.22. The molecule has 2 aliphatic rings. The minimum atomic E-state index is -0.560. The summed E-state index contributed by atoms with van der Waals surface area (Å²) in [7, 11) is 1.67. The zero-order valence-corrected chi connectivity index (χ0v) is 18.7. The molecule has 2 heterocycles. The molecule has 0 saturated carbocycles. The summed E-state index contributed by atoms with van der Waals surface area (Å²) in [5.74, 6) is 0.917. The third-order valence-corrected chi connectivity index (χ3v) is 5.67. The smallest absolute Gasteiger partial charge is 0.410 e. The van der Waals surface area contributed by atoms with E-state index in [0.29, 0.717) is 26.1 Å². The molecule has 1 aromatic rings. The molecule has 7 heteroatoms. The molecule has 30 heavy (non-hydrogen) atoms. The molecule has 1 atom stereocenters. The van der Waals surface area contributed by atoms with Crippen LogP contribution in [0.4, 0.5) is 4.79 Å². The molecule has 0 spiro atoms. The fourth-order valence-electron chi connectivity index (χ4n) is 4.05. The number of carbonyl (C=O) groups is 2. The Labute approximate surface area is 179 Å². The number of benzene rings is 1. The molecular formula is C23H35N3O4. The largest absolute Gasteiger partial charge is 0.497 e. The molecule has 0 aromatic heterocycles. The van der Waals surface area contributed by atoms with Gasteiger partial charge in [-0.05, 0) is 57.7 Å². The standard InChI is InChI=1S/C23H35N3O4/c1-23(2,3)30-22(28)26-12-6-5-7-20(26)21(27)25-15-13-24(14-16-25)17-18-8-10-19(29-4)11-9-18/h8-11,20H,5-7,12-17H2,1-4H3. The zero-order chi connectivity index (χ0) is 21.7. The van der Waals surface area contributed by atoms with E-state index >= 15 is 0 Å². The highest BCUT2D eigenvalue weighted by Crippen LogP contribution is 2.23. The molecular weight excluding hydrogens is 382 g/mol. The van der Waals surface area contributed by atoms with Gasteiger partial charge in [-0.15, -0.1) is 0 Å². The molecule has 1 unspecified atom stereocenters. The average Bonchev–Trinajstić information content (AvgIpc) is 2.73. The Hall–Kier alpha value is -2.28. The van der Waals surface area contributed by atoms with Gasteiger partial charge < -0.3 is 14.4 Å². The highest BCUT2D eigenvalue weighted by molar-refractivity contribution is 5.86. The second-order valence-electron chi connectivity index (χ2n) is 9.13. The van der Waals surface area contributed by atoms with Gasteiger partial charge in [0, 0.05) is 39.3 Å². The van der Waals surface area contributed by atoms with Gasteiger partial charge in [0.25, 0.3) is 0 Å². The molecule has 0 N–H and O–H groups in total.